The van der Waals surface area contributed by atoms with Crippen molar-refractivity contribution in [1.29, 1.82) is 0 Å². The lowest BCUT2D eigenvalue weighted by Gasteiger charge is -2.35. The van der Waals surface area contributed by atoms with Crippen molar-refractivity contribution in [2.45, 2.75) is 65.1 Å². The number of pyridine rings is 1. The van der Waals surface area contributed by atoms with E-state index in [1.54, 1.807) is 0 Å². The largest absolute Gasteiger partial charge is 0.356 e. The van der Waals surface area contributed by atoms with Gasteiger partial charge in [0.15, 0.2) is 0 Å². The molecule has 112 valence electrons. The van der Waals surface area contributed by atoms with Crippen LogP contribution in [0.4, 0.5) is 5.82 Å². The average molecular weight is 275 g/mol. The molecule has 1 aromatic rings. The maximum absolute atomic E-state index is 4.64. The van der Waals surface area contributed by atoms with Crippen molar-refractivity contribution in [3.63, 3.8) is 0 Å². The van der Waals surface area contributed by atoms with E-state index < -0.39 is 0 Å². The number of nitrogens with zero attached hydrogens (tertiary/aromatic N) is 2. The van der Waals surface area contributed by atoms with Gasteiger partial charge in [-0.1, -0.05) is 39.7 Å². The zero-order valence-corrected chi connectivity index (χ0v) is 13.4. The molecule has 1 N–H and O–H groups in total. The molecule has 1 fully saturated rings. The number of hydrogen-bond donors (Lipinski definition) is 1. The van der Waals surface area contributed by atoms with E-state index in [0.717, 1.165) is 18.3 Å². The summed E-state index contributed by atoms with van der Waals surface area (Å²) in [6, 6.07) is 5.38. The highest BCUT2D eigenvalue weighted by Crippen LogP contribution is 2.30. The van der Waals surface area contributed by atoms with Crippen LogP contribution >= 0.6 is 0 Å². The maximum Gasteiger partial charge on any atom is 0.132 e. The Labute approximate surface area is 123 Å². The third-order valence-corrected chi connectivity index (χ3v) is 4.36. The molecule has 0 bridgehead atoms. The first kappa shape index (κ1) is 15.3. The molecule has 0 amide bonds. The van der Waals surface area contributed by atoms with Crippen molar-refractivity contribution in [2.75, 3.05) is 11.9 Å². The number of aromatic nitrogens is 1. The second-order valence-corrected chi connectivity index (χ2v) is 6.56. The Morgan fingerprint density at radius 2 is 2.20 bits per heavy atom. The van der Waals surface area contributed by atoms with E-state index in [4.69, 9.17) is 0 Å². The van der Waals surface area contributed by atoms with Gasteiger partial charge in [-0.05, 0) is 24.8 Å². The summed E-state index contributed by atoms with van der Waals surface area (Å²) in [4.78, 5) is 7.05. The zero-order chi connectivity index (χ0) is 14.5. The normalized spacial score (nSPS) is 23.1. The average Bonchev–Trinajstić information content (AvgIpc) is 2.44. The van der Waals surface area contributed by atoms with E-state index in [1.807, 2.05) is 12.3 Å². The number of anilines is 1. The van der Waals surface area contributed by atoms with Crippen molar-refractivity contribution in [3.8, 4) is 0 Å². The van der Waals surface area contributed by atoms with Crippen LogP contribution in [0.1, 0.15) is 52.0 Å². The van der Waals surface area contributed by atoms with Crippen LogP contribution in [0.3, 0.4) is 0 Å². The molecule has 1 aromatic heterocycles. The standard InChI is InChI=1S/C17H29N3/c1-13(2)19-12-15-8-6-10-18-17(15)20(4)16-9-5-7-14(3)11-16/h6,8,10,13-14,16,19H,5,7,9,11-12H2,1-4H3. The van der Waals surface area contributed by atoms with Crippen molar-refractivity contribution >= 4 is 5.82 Å². The Hall–Kier alpha value is -1.09. The second kappa shape index (κ2) is 7.07. The second-order valence-electron chi connectivity index (χ2n) is 6.56. The summed E-state index contributed by atoms with van der Waals surface area (Å²) < 4.78 is 0. The maximum atomic E-state index is 4.64. The molecule has 0 radical (unpaired) electrons. The first-order valence-corrected chi connectivity index (χ1v) is 7.98. The molecule has 1 heterocycles. The number of nitrogens with one attached hydrogen (secondary N) is 1. The summed E-state index contributed by atoms with van der Waals surface area (Å²) in [6.45, 7) is 7.64. The Bertz CT molecular complexity index is 416. The Morgan fingerprint density at radius 3 is 2.90 bits per heavy atom. The molecule has 20 heavy (non-hydrogen) atoms. The van der Waals surface area contributed by atoms with Gasteiger partial charge in [-0.15, -0.1) is 0 Å². The molecule has 1 aliphatic rings. The Morgan fingerprint density at radius 1 is 1.40 bits per heavy atom. The smallest absolute Gasteiger partial charge is 0.132 e. The summed E-state index contributed by atoms with van der Waals surface area (Å²) in [5.74, 6) is 2.00. The predicted octanol–water partition coefficient (Wildman–Crippen LogP) is 3.59. The van der Waals surface area contributed by atoms with Gasteiger partial charge < -0.3 is 10.2 Å². The quantitative estimate of drug-likeness (QED) is 0.890. The first-order chi connectivity index (χ1) is 9.58. The van der Waals surface area contributed by atoms with Gasteiger partial charge in [-0.3, -0.25) is 0 Å². The van der Waals surface area contributed by atoms with Crippen molar-refractivity contribution in [1.82, 2.24) is 10.3 Å². The molecule has 1 saturated carbocycles. The number of rotatable bonds is 5. The van der Waals surface area contributed by atoms with E-state index in [-0.39, 0.29) is 0 Å². The van der Waals surface area contributed by atoms with Crippen molar-refractivity contribution in [3.05, 3.63) is 23.9 Å². The Balaban J connectivity index is 2.10. The SMILES string of the molecule is CC1CCCC(N(C)c2ncccc2CNC(C)C)C1. The minimum Gasteiger partial charge on any atom is -0.356 e. The molecule has 0 aliphatic heterocycles. The van der Waals surface area contributed by atoms with Crippen molar-refractivity contribution < 1.29 is 0 Å². The van der Waals surface area contributed by atoms with Gasteiger partial charge in [0.1, 0.15) is 5.82 Å². The number of hydrogen-bond acceptors (Lipinski definition) is 3. The molecule has 0 saturated heterocycles. The molecule has 2 unspecified atom stereocenters. The lowest BCUT2D eigenvalue weighted by atomic mass is 9.86. The van der Waals surface area contributed by atoms with E-state index in [0.29, 0.717) is 12.1 Å². The van der Waals surface area contributed by atoms with Crippen LogP contribution in [0.5, 0.6) is 0 Å². The molecular formula is C17H29N3. The van der Waals surface area contributed by atoms with Crippen LogP contribution in [0.15, 0.2) is 18.3 Å². The lowest BCUT2D eigenvalue weighted by molar-refractivity contribution is 0.335. The van der Waals surface area contributed by atoms with Gasteiger partial charge >= 0.3 is 0 Å². The summed E-state index contributed by atoms with van der Waals surface area (Å²) in [5.41, 5.74) is 1.31. The first-order valence-electron chi connectivity index (χ1n) is 7.98. The molecule has 3 heteroatoms. The van der Waals surface area contributed by atoms with Gasteiger partial charge in [0, 0.05) is 37.4 Å². The van der Waals surface area contributed by atoms with Gasteiger partial charge in [0.25, 0.3) is 0 Å². The Kier molecular flexibility index (Phi) is 5.41. The van der Waals surface area contributed by atoms with E-state index in [9.17, 15) is 0 Å². The molecule has 0 spiro atoms. The van der Waals surface area contributed by atoms with Crippen molar-refractivity contribution in [2.24, 2.45) is 5.92 Å². The monoisotopic (exact) mass is 275 g/mol. The van der Waals surface area contributed by atoms with Gasteiger partial charge in [0.05, 0.1) is 0 Å². The minimum absolute atomic E-state index is 0.503. The summed E-state index contributed by atoms with van der Waals surface area (Å²) in [6.07, 6.45) is 7.24. The highest BCUT2D eigenvalue weighted by molar-refractivity contribution is 5.47. The van der Waals surface area contributed by atoms with Crippen LogP contribution < -0.4 is 10.2 Å². The van der Waals surface area contributed by atoms with Gasteiger partial charge in [-0.25, -0.2) is 4.98 Å². The van der Waals surface area contributed by atoms with Crippen LogP contribution in [-0.2, 0) is 6.54 Å². The third-order valence-electron chi connectivity index (χ3n) is 4.36. The zero-order valence-electron chi connectivity index (χ0n) is 13.4. The van der Waals surface area contributed by atoms with E-state index in [2.05, 4.69) is 49.1 Å². The highest BCUT2D eigenvalue weighted by Gasteiger charge is 2.24. The fourth-order valence-corrected chi connectivity index (χ4v) is 3.13. The molecule has 3 nitrogen and oxygen atoms in total. The fraction of sp³-hybridized carbons (Fsp3) is 0.706. The predicted molar refractivity (Wildman–Crippen MR) is 86.0 cm³/mol. The summed E-state index contributed by atoms with van der Waals surface area (Å²) in [7, 11) is 2.21. The molecule has 1 aliphatic carbocycles. The third kappa shape index (κ3) is 3.95. The summed E-state index contributed by atoms with van der Waals surface area (Å²) >= 11 is 0. The molecule has 2 atom stereocenters. The summed E-state index contributed by atoms with van der Waals surface area (Å²) in [5, 5.41) is 3.50. The van der Waals surface area contributed by atoms with E-state index >= 15 is 0 Å². The van der Waals surface area contributed by atoms with Crippen LogP contribution in [0, 0.1) is 5.92 Å². The topological polar surface area (TPSA) is 28.2 Å². The lowest BCUT2D eigenvalue weighted by Crippen LogP contribution is -2.37. The highest BCUT2D eigenvalue weighted by atomic mass is 15.2. The fourth-order valence-electron chi connectivity index (χ4n) is 3.13. The van der Waals surface area contributed by atoms with Gasteiger partial charge in [0.2, 0.25) is 0 Å². The van der Waals surface area contributed by atoms with E-state index in [1.165, 1.54) is 31.2 Å². The molecule has 2 rings (SSSR count). The van der Waals surface area contributed by atoms with Crippen LogP contribution in [0.2, 0.25) is 0 Å². The molecule has 0 aromatic carbocycles. The minimum atomic E-state index is 0.503. The van der Waals surface area contributed by atoms with Gasteiger partial charge in [-0.2, -0.15) is 0 Å². The van der Waals surface area contributed by atoms with Crippen LogP contribution in [0.25, 0.3) is 0 Å². The molecular weight excluding hydrogens is 246 g/mol. The van der Waals surface area contributed by atoms with Crippen LogP contribution in [-0.4, -0.2) is 24.1 Å².